The topological polar surface area (TPSA) is 15.6 Å². The van der Waals surface area contributed by atoms with Crippen LogP contribution >= 0.6 is 23.2 Å². The van der Waals surface area contributed by atoms with Crippen molar-refractivity contribution in [1.29, 1.82) is 0 Å². The smallest absolute Gasteiger partial charge is 0.136 e. The molecule has 0 atom stereocenters. The van der Waals surface area contributed by atoms with Gasteiger partial charge in [-0.1, -0.05) is 23.2 Å². The molecule has 2 rings (SSSR count). The van der Waals surface area contributed by atoms with E-state index in [1.165, 1.54) is 0 Å². The fraction of sp³-hybridized carbons (Fsp3) is 0.133. The summed E-state index contributed by atoms with van der Waals surface area (Å²) in [6.45, 7) is 0. The van der Waals surface area contributed by atoms with Crippen molar-refractivity contribution in [3.8, 4) is 0 Å². The molecular weight excluding hydrogens is 279 g/mol. The van der Waals surface area contributed by atoms with E-state index in [1.807, 2.05) is 67.5 Å². The van der Waals surface area contributed by atoms with Crippen LogP contribution < -0.4 is 0 Å². The molecule has 0 aliphatic rings. The van der Waals surface area contributed by atoms with Gasteiger partial charge in [-0.3, -0.25) is 0 Å². The van der Waals surface area contributed by atoms with Gasteiger partial charge in [0.25, 0.3) is 0 Å². The SMILES string of the molecule is CN(C)C(=Nc1ccc(Cl)cc1)c1ccc(Cl)cc1. The Hall–Kier alpha value is -1.51. The summed E-state index contributed by atoms with van der Waals surface area (Å²) in [7, 11) is 3.92. The van der Waals surface area contributed by atoms with Crippen LogP contribution in [0.25, 0.3) is 0 Å². The summed E-state index contributed by atoms with van der Waals surface area (Å²) in [5.74, 6) is 0.874. The average molecular weight is 293 g/mol. The zero-order valence-electron chi connectivity index (χ0n) is 10.8. The third kappa shape index (κ3) is 3.72. The third-order valence-electron chi connectivity index (χ3n) is 2.59. The highest BCUT2D eigenvalue weighted by Crippen LogP contribution is 2.19. The molecule has 0 aliphatic heterocycles. The molecule has 2 aromatic carbocycles. The standard InChI is InChI=1S/C15H14Cl2N2/c1-19(2)15(11-3-5-12(16)6-4-11)18-14-9-7-13(17)8-10-14/h3-10H,1-2H3. The van der Waals surface area contributed by atoms with E-state index < -0.39 is 0 Å². The second-order valence-electron chi connectivity index (χ2n) is 4.31. The molecule has 0 aliphatic carbocycles. The lowest BCUT2D eigenvalue weighted by molar-refractivity contribution is 0.624. The van der Waals surface area contributed by atoms with Crippen molar-refractivity contribution in [3.63, 3.8) is 0 Å². The summed E-state index contributed by atoms with van der Waals surface area (Å²) in [4.78, 5) is 6.61. The van der Waals surface area contributed by atoms with E-state index in [9.17, 15) is 0 Å². The Morgan fingerprint density at radius 2 is 1.32 bits per heavy atom. The van der Waals surface area contributed by atoms with Crippen LogP contribution in [0.15, 0.2) is 53.5 Å². The van der Waals surface area contributed by atoms with Crippen molar-refractivity contribution in [1.82, 2.24) is 4.90 Å². The van der Waals surface area contributed by atoms with Crippen LogP contribution in [0.1, 0.15) is 5.56 Å². The summed E-state index contributed by atoms with van der Waals surface area (Å²) < 4.78 is 0. The number of aliphatic imine (C=N–C) groups is 1. The number of nitrogens with zero attached hydrogens (tertiary/aromatic N) is 2. The molecule has 2 aromatic rings. The molecule has 0 bridgehead atoms. The average Bonchev–Trinajstić information content (AvgIpc) is 2.39. The number of rotatable bonds is 2. The van der Waals surface area contributed by atoms with E-state index in [1.54, 1.807) is 0 Å². The normalized spacial score (nSPS) is 11.5. The Bertz CT molecular complexity index is 572. The monoisotopic (exact) mass is 292 g/mol. The van der Waals surface area contributed by atoms with Crippen molar-refractivity contribution in [2.24, 2.45) is 4.99 Å². The lowest BCUT2D eigenvalue weighted by Crippen LogP contribution is -2.22. The first kappa shape index (κ1) is 13.9. The maximum Gasteiger partial charge on any atom is 0.136 e. The summed E-state index contributed by atoms with van der Waals surface area (Å²) in [6.07, 6.45) is 0. The molecule has 0 fully saturated rings. The van der Waals surface area contributed by atoms with Crippen LogP contribution in [-0.4, -0.2) is 24.8 Å². The molecule has 4 heteroatoms. The van der Waals surface area contributed by atoms with Gasteiger partial charge in [0.15, 0.2) is 0 Å². The van der Waals surface area contributed by atoms with E-state index in [4.69, 9.17) is 23.2 Å². The van der Waals surface area contributed by atoms with Gasteiger partial charge in [0, 0.05) is 29.7 Å². The van der Waals surface area contributed by atoms with Crippen molar-refractivity contribution >= 4 is 34.7 Å². The Morgan fingerprint density at radius 1 is 0.842 bits per heavy atom. The first-order chi connectivity index (χ1) is 9.06. The van der Waals surface area contributed by atoms with Gasteiger partial charge < -0.3 is 4.90 Å². The molecule has 0 N–H and O–H groups in total. The number of halogens is 2. The van der Waals surface area contributed by atoms with Gasteiger partial charge in [0.05, 0.1) is 5.69 Å². The van der Waals surface area contributed by atoms with Crippen molar-refractivity contribution < 1.29 is 0 Å². The molecule has 0 saturated heterocycles. The number of hydrogen-bond acceptors (Lipinski definition) is 1. The van der Waals surface area contributed by atoms with Gasteiger partial charge in [-0.15, -0.1) is 0 Å². The fourth-order valence-corrected chi connectivity index (χ4v) is 1.91. The molecule has 0 amide bonds. The molecule has 2 nitrogen and oxygen atoms in total. The van der Waals surface area contributed by atoms with Gasteiger partial charge >= 0.3 is 0 Å². The second kappa shape index (κ2) is 6.09. The molecular formula is C15H14Cl2N2. The number of amidine groups is 1. The molecule has 0 unspecified atom stereocenters. The first-order valence-electron chi connectivity index (χ1n) is 5.84. The lowest BCUT2D eigenvalue weighted by atomic mass is 10.2. The highest BCUT2D eigenvalue weighted by atomic mass is 35.5. The Labute approximate surface area is 123 Å². The zero-order chi connectivity index (χ0) is 13.8. The Balaban J connectivity index is 2.40. The fourth-order valence-electron chi connectivity index (χ4n) is 1.66. The highest BCUT2D eigenvalue weighted by Gasteiger charge is 2.06. The quantitative estimate of drug-likeness (QED) is 0.582. The predicted molar refractivity (Wildman–Crippen MR) is 82.8 cm³/mol. The van der Waals surface area contributed by atoms with Crippen LogP contribution in [0.3, 0.4) is 0 Å². The summed E-state index contributed by atoms with van der Waals surface area (Å²) in [5, 5.41) is 1.42. The van der Waals surface area contributed by atoms with E-state index in [0.717, 1.165) is 17.1 Å². The minimum atomic E-state index is 0.705. The summed E-state index contributed by atoms with van der Waals surface area (Å²) >= 11 is 11.8. The number of benzene rings is 2. The molecule has 0 saturated carbocycles. The van der Waals surface area contributed by atoms with Gasteiger partial charge in [0.2, 0.25) is 0 Å². The molecule has 19 heavy (non-hydrogen) atoms. The maximum absolute atomic E-state index is 5.91. The molecule has 0 radical (unpaired) electrons. The van der Waals surface area contributed by atoms with Crippen LogP contribution in [-0.2, 0) is 0 Å². The predicted octanol–water partition coefficient (Wildman–Crippen LogP) is 4.63. The Kier molecular flexibility index (Phi) is 4.46. The summed E-state index contributed by atoms with van der Waals surface area (Å²) in [6, 6.07) is 15.1. The highest BCUT2D eigenvalue weighted by molar-refractivity contribution is 6.31. The molecule has 0 spiro atoms. The Morgan fingerprint density at radius 3 is 1.79 bits per heavy atom. The second-order valence-corrected chi connectivity index (χ2v) is 5.19. The van der Waals surface area contributed by atoms with Crippen LogP contribution in [0.5, 0.6) is 0 Å². The van der Waals surface area contributed by atoms with Gasteiger partial charge in [-0.2, -0.15) is 0 Å². The minimum Gasteiger partial charge on any atom is -0.362 e. The van der Waals surface area contributed by atoms with Gasteiger partial charge in [0.1, 0.15) is 5.84 Å². The van der Waals surface area contributed by atoms with Gasteiger partial charge in [-0.25, -0.2) is 4.99 Å². The molecule has 0 aromatic heterocycles. The third-order valence-corrected chi connectivity index (χ3v) is 3.09. The molecule has 98 valence electrons. The zero-order valence-corrected chi connectivity index (χ0v) is 12.3. The minimum absolute atomic E-state index is 0.705. The van der Waals surface area contributed by atoms with E-state index in [0.29, 0.717) is 10.0 Å². The maximum atomic E-state index is 5.91. The van der Waals surface area contributed by atoms with Crippen molar-refractivity contribution in [3.05, 3.63) is 64.1 Å². The van der Waals surface area contributed by atoms with E-state index >= 15 is 0 Å². The van der Waals surface area contributed by atoms with E-state index in [2.05, 4.69) is 4.99 Å². The first-order valence-corrected chi connectivity index (χ1v) is 6.59. The summed E-state index contributed by atoms with van der Waals surface area (Å²) in [5.41, 5.74) is 1.88. The van der Waals surface area contributed by atoms with Crippen LogP contribution in [0.4, 0.5) is 5.69 Å². The van der Waals surface area contributed by atoms with Gasteiger partial charge in [-0.05, 0) is 48.5 Å². The number of hydrogen-bond donors (Lipinski definition) is 0. The van der Waals surface area contributed by atoms with Crippen molar-refractivity contribution in [2.45, 2.75) is 0 Å². The molecule has 0 heterocycles. The van der Waals surface area contributed by atoms with Crippen LogP contribution in [0.2, 0.25) is 10.0 Å². The largest absolute Gasteiger partial charge is 0.362 e. The van der Waals surface area contributed by atoms with Crippen LogP contribution in [0, 0.1) is 0 Å². The lowest BCUT2D eigenvalue weighted by Gasteiger charge is -2.16. The van der Waals surface area contributed by atoms with Crippen molar-refractivity contribution in [2.75, 3.05) is 14.1 Å². The van der Waals surface area contributed by atoms with E-state index in [-0.39, 0.29) is 0 Å².